The number of hydrogen-bond donors (Lipinski definition) is 2. The van der Waals surface area contributed by atoms with E-state index in [1.807, 2.05) is 30.3 Å². The first kappa shape index (κ1) is 14.0. The second-order valence-corrected chi connectivity index (χ2v) is 6.37. The molecule has 0 aliphatic carbocycles. The number of rotatable bonds is 2. The van der Waals surface area contributed by atoms with Gasteiger partial charge in [-0.1, -0.05) is 38.1 Å². The van der Waals surface area contributed by atoms with Crippen LogP contribution in [-0.4, -0.2) is 30.0 Å². The lowest BCUT2D eigenvalue weighted by atomic mass is 9.80. The van der Waals surface area contributed by atoms with Gasteiger partial charge in [-0.3, -0.25) is 4.79 Å². The molecule has 0 bridgehead atoms. The number of fused-ring (bicyclic) bond motifs is 1. The van der Waals surface area contributed by atoms with Crippen LogP contribution in [0.25, 0.3) is 10.9 Å². The largest absolute Gasteiger partial charge is 0.347 e. The van der Waals surface area contributed by atoms with Gasteiger partial charge < -0.3 is 10.6 Å². The van der Waals surface area contributed by atoms with Gasteiger partial charge in [0.25, 0.3) is 5.91 Å². The van der Waals surface area contributed by atoms with E-state index < -0.39 is 0 Å². The molecule has 1 atom stereocenters. The van der Waals surface area contributed by atoms with Crippen LogP contribution in [-0.2, 0) is 0 Å². The van der Waals surface area contributed by atoms with Crippen molar-refractivity contribution in [1.82, 2.24) is 15.6 Å². The Labute approximate surface area is 125 Å². The number of aromatic nitrogens is 1. The van der Waals surface area contributed by atoms with Crippen molar-refractivity contribution < 1.29 is 4.79 Å². The first-order valence-electron chi connectivity index (χ1n) is 7.44. The lowest BCUT2D eigenvalue weighted by molar-refractivity contribution is 0.0864. The molecule has 1 fully saturated rings. The molecule has 1 saturated heterocycles. The smallest absolute Gasteiger partial charge is 0.270 e. The maximum absolute atomic E-state index is 12.5. The van der Waals surface area contributed by atoms with Gasteiger partial charge >= 0.3 is 0 Å². The highest BCUT2D eigenvalue weighted by atomic mass is 16.1. The summed E-state index contributed by atoms with van der Waals surface area (Å²) in [5.41, 5.74) is 1.41. The zero-order chi connectivity index (χ0) is 14.9. The van der Waals surface area contributed by atoms with E-state index in [2.05, 4.69) is 29.5 Å². The third-order valence-corrected chi connectivity index (χ3v) is 4.27. The second kappa shape index (κ2) is 5.45. The maximum Gasteiger partial charge on any atom is 0.270 e. The van der Waals surface area contributed by atoms with Crippen molar-refractivity contribution in [2.24, 2.45) is 5.41 Å². The molecule has 0 saturated carbocycles. The summed E-state index contributed by atoms with van der Waals surface area (Å²) in [6.07, 6.45) is 0.951. The van der Waals surface area contributed by atoms with Crippen molar-refractivity contribution >= 4 is 16.8 Å². The summed E-state index contributed by atoms with van der Waals surface area (Å²) < 4.78 is 0. The van der Waals surface area contributed by atoms with Crippen LogP contribution in [0.2, 0.25) is 0 Å². The Morgan fingerprint density at radius 1 is 1.29 bits per heavy atom. The van der Waals surface area contributed by atoms with Gasteiger partial charge in [0, 0.05) is 18.0 Å². The number of amides is 1. The van der Waals surface area contributed by atoms with Crippen LogP contribution in [0, 0.1) is 5.41 Å². The van der Waals surface area contributed by atoms with Crippen LogP contribution in [0.15, 0.2) is 36.4 Å². The number of carbonyl (C=O) groups excluding carboxylic acids is 1. The standard InChI is InChI=1S/C17H21N3O/c1-17(2)11-18-10-9-15(17)20-16(21)14-8-7-12-5-3-4-6-13(12)19-14/h3-8,15,18H,9-11H2,1-2H3,(H,20,21). The zero-order valence-corrected chi connectivity index (χ0v) is 12.5. The summed E-state index contributed by atoms with van der Waals surface area (Å²) in [5, 5.41) is 7.58. The lowest BCUT2D eigenvalue weighted by Crippen LogP contribution is -2.54. The van der Waals surface area contributed by atoms with Gasteiger partial charge in [-0.05, 0) is 30.5 Å². The van der Waals surface area contributed by atoms with E-state index in [0.29, 0.717) is 5.69 Å². The fourth-order valence-corrected chi connectivity index (χ4v) is 2.86. The average Bonchev–Trinajstić information content (AvgIpc) is 2.48. The van der Waals surface area contributed by atoms with Gasteiger partial charge in [0.1, 0.15) is 5.69 Å². The van der Waals surface area contributed by atoms with Gasteiger partial charge in [0.2, 0.25) is 0 Å². The molecule has 3 rings (SSSR count). The minimum absolute atomic E-state index is 0.0603. The van der Waals surface area contributed by atoms with E-state index in [1.54, 1.807) is 6.07 Å². The van der Waals surface area contributed by atoms with Gasteiger partial charge in [0.05, 0.1) is 5.52 Å². The Morgan fingerprint density at radius 3 is 2.90 bits per heavy atom. The molecule has 1 amide bonds. The van der Waals surface area contributed by atoms with Crippen molar-refractivity contribution in [3.63, 3.8) is 0 Å². The Balaban J connectivity index is 1.80. The normalized spacial score (nSPS) is 21.1. The highest BCUT2D eigenvalue weighted by Crippen LogP contribution is 2.25. The molecule has 1 aliphatic rings. The molecule has 1 aromatic heterocycles. The molecular formula is C17H21N3O. The number of nitrogens with one attached hydrogen (secondary N) is 2. The first-order chi connectivity index (χ1) is 10.1. The van der Waals surface area contributed by atoms with Crippen molar-refractivity contribution in [1.29, 1.82) is 0 Å². The third kappa shape index (κ3) is 2.90. The fraction of sp³-hybridized carbons (Fsp3) is 0.412. The molecule has 4 nitrogen and oxygen atoms in total. The Kier molecular flexibility index (Phi) is 3.64. The number of piperidine rings is 1. The molecule has 2 heterocycles. The van der Waals surface area contributed by atoms with Crippen molar-refractivity contribution in [2.75, 3.05) is 13.1 Å². The van der Waals surface area contributed by atoms with Crippen molar-refractivity contribution in [2.45, 2.75) is 26.3 Å². The summed E-state index contributed by atoms with van der Waals surface area (Å²) in [5.74, 6) is -0.0827. The van der Waals surface area contributed by atoms with Gasteiger partial charge in [-0.2, -0.15) is 0 Å². The topological polar surface area (TPSA) is 54.0 Å². The van der Waals surface area contributed by atoms with Crippen LogP contribution >= 0.6 is 0 Å². The Bertz CT molecular complexity index is 666. The number of nitrogens with zero attached hydrogens (tertiary/aromatic N) is 1. The Morgan fingerprint density at radius 2 is 2.10 bits per heavy atom. The Hall–Kier alpha value is -1.94. The lowest BCUT2D eigenvalue weighted by Gasteiger charge is -2.39. The van der Waals surface area contributed by atoms with E-state index in [0.717, 1.165) is 30.4 Å². The number of hydrogen-bond acceptors (Lipinski definition) is 3. The molecule has 2 N–H and O–H groups in total. The highest BCUT2D eigenvalue weighted by molar-refractivity contribution is 5.95. The van der Waals surface area contributed by atoms with E-state index >= 15 is 0 Å². The summed E-state index contributed by atoms with van der Waals surface area (Å²) in [4.78, 5) is 16.9. The summed E-state index contributed by atoms with van der Waals surface area (Å²) in [6, 6.07) is 11.8. The van der Waals surface area contributed by atoms with Crippen molar-refractivity contribution in [3.8, 4) is 0 Å². The molecule has 0 radical (unpaired) electrons. The minimum Gasteiger partial charge on any atom is -0.347 e. The molecule has 0 spiro atoms. The number of benzene rings is 1. The fourth-order valence-electron chi connectivity index (χ4n) is 2.86. The first-order valence-corrected chi connectivity index (χ1v) is 7.44. The second-order valence-electron chi connectivity index (χ2n) is 6.37. The van der Waals surface area contributed by atoms with E-state index in [-0.39, 0.29) is 17.4 Å². The van der Waals surface area contributed by atoms with Crippen LogP contribution in [0.5, 0.6) is 0 Å². The average molecular weight is 283 g/mol. The molecule has 4 heteroatoms. The van der Waals surface area contributed by atoms with E-state index in [1.165, 1.54) is 0 Å². The molecule has 2 aromatic rings. The monoisotopic (exact) mass is 283 g/mol. The SMILES string of the molecule is CC1(C)CNCCC1NC(=O)c1ccc2ccccc2n1. The van der Waals surface area contributed by atoms with Crippen molar-refractivity contribution in [3.05, 3.63) is 42.1 Å². The van der Waals surface area contributed by atoms with E-state index in [9.17, 15) is 4.79 Å². The molecule has 1 unspecified atom stereocenters. The number of para-hydroxylation sites is 1. The number of pyridine rings is 1. The molecule has 1 aromatic carbocycles. The quantitative estimate of drug-likeness (QED) is 0.889. The van der Waals surface area contributed by atoms with Gasteiger partial charge in [-0.25, -0.2) is 4.98 Å². The van der Waals surface area contributed by atoms with Gasteiger partial charge in [-0.15, -0.1) is 0 Å². The highest BCUT2D eigenvalue weighted by Gasteiger charge is 2.33. The van der Waals surface area contributed by atoms with Crippen LogP contribution < -0.4 is 10.6 Å². The molecule has 1 aliphatic heterocycles. The number of carbonyl (C=O) groups is 1. The third-order valence-electron chi connectivity index (χ3n) is 4.27. The van der Waals surface area contributed by atoms with Crippen LogP contribution in [0.4, 0.5) is 0 Å². The molecule has 110 valence electrons. The maximum atomic E-state index is 12.5. The van der Waals surface area contributed by atoms with Crippen LogP contribution in [0.3, 0.4) is 0 Å². The van der Waals surface area contributed by atoms with E-state index in [4.69, 9.17) is 0 Å². The predicted molar refractivity (Wildman–Crippen MR) is 84.3 cm³/mol. The zero-order valence-electron chi connectivity index (χ0n) is 12.5. The summed E-state index contributed by atoms with van der Waals surface area (Å²) >= 11 is 0. The predicted octanol–water partition coefficient (Wildman–Crippen LogP) is 2.35. The summed E-state index contributed by atoms with van der Waals surface area (Å²) in [6.45, 7) is 6.22. The summed E-state index contributed by atoms with van der Waals surface area (Å²) in [7, 11) is 0. The molecular weight excluding hydrogens is 262 g/mol. The van der Waals surface area contributed by atoms with Gasteiger partial charge in [0.15, 0.2) is 0 Å². The van der Waals surface area contributed by atoms with Crippen LogP contribution in [0.1, 0.15) is 30.8 Å². The molecule has 21 heavy (non-hydrogen) atoms. The minimum atomic E-state index is -0.0827.